The first-order valence-corrected chi connectivity index (χ1v) is 5.18. The summed E-state index contributed by atoms with van der Waals surface area (Å²) < 4.78 is 1.85. The molecule has 0 saturated carbocycles. The first-order valence-electron chi connectivity index (χ1n) is 5.18. The highest BCUT2D eigenvalue weighted by atomic mass is 15.1. The van der Waals surface area contributed by atoms with Gasteiger partial charge in [0.25, 0.3) is 0 Å². The predicted molar refractivity (Wildman–Crippen MR) is 62.0 cm³/mol. The maximum absolute atomic E-state index is 8.85. The lowest BCUT2D eigenvalue weighted by Gasteiger charge is -2.06. The SMILES string of the molecule is Cc1ccc(Cn2ccnc2C#N)cc1C. The Hall–Kier alpha value is -2.08. The molecule has 16 heavy (non-hydrogen) atoms. The Morgan fingerprint density at radius 2 is 2.12 bits per heavy atom. The smallest absolute Gasteiger partial charge is 0.213 e. The van der Waals surface area contributed by atoms with Gasteiger partial charge >= 0.3 is 0 Å². The van der Waals surface area contributed by atoms with Crippen molar-refractivity contribution in [3.8, 4) is 6.07 Å². The van der Waals surface area contributed by atoms with Crippen LogP contribution in [0.2, 0.25) is 0 Å². The molecule has 1 heterocycles. The van der Waals surface area contributed by atoms with Crippen LogP contribution in [0.4, 0.5) is 0 Å². The predicted octanol–water partition coefficient (Wildman–Crippen LogP) is 2.42. The van der Waals surface area contributed by atoms with E-state index in [4.69, 9.17) is 5.26 Å². The van der Waals surface area contributed by atoms with E-state index in [9.17, 15) is 0 Å². The van der Waals surface area contributed by atoms with Crippen LogP contribution in [0.15, 0.2) is 30.6 Å². The topological polar surface area (TPSA) is 41.6 Å². The lowest BCUT2D eigenvalue weighted by molar-refractivity contribution is 0.781. The van der Waals surface area contributed by atoms with Crippen molar-refractivity contribution in [3.05, 3.63) is 53.1 Å². The van der Waals surface area contributed by atoms with Gasteiger partial charge in [-0.05, 0) is 30.5 Å². The molecular formula is C13H13N3. The lowest BCUT2D eigenvalue weighted by atomic mass is 10.1. The quantitative estimate of drug-likeness (QED) is 0.765. The Bertz CT molecular complexity index is 547. The number of benzene rings is 1. The van der Waals surface area contributed by atoms with Gasteiger partial charge in [0.2, 0.25) is 5.82 Å². The summed E-state index contributed by atoms with van der Waals surface area (Å²) in [5, 5.41) is 8.85. The lowest BCUT2D eigenvalue weighted by Crippen LogP contribution is -2.01. The molecule has 0 bridgehead atoms. The van der Waals surface area contributed by atoms with Crippen molar-refractivity contribution in [2.24, 2.45) is 0 Å². The van der Waals surface area contributed by atoms with E-state index in [0.717, 1.165) is 0 Å². The van der Waals surface area contributed by atoms with Crippen LogP contribution < -0.4 is 0 Å². The highest BCUT2D eigenvalue weighted by molar-refractivity contribution is 5.30. The molecule has 1 aromatic heterocycles. The van der Waals surface area contributed by atoms with Gasteiger partial charge in [-0.2, -0.15) is 5.26 Å². The molecule has 3 heteroatoms. The number of nitrogens with zero attached hydrogens (tertiary/aromatic N) is 3. The van der Waals surface area contributed by atoms with Crippen molar-refractivity contribution in [1.29, 1.82) is 5.26 Å². The van der Waals surface area contributed by atoms with Crippen molar-refractivity contribution < 1.29 is 0 Å². The molecule has 0 amide bonds. The number of aromatic nitrogens is 2. The first-order chi connectivity index (χ1) is 7.70. The van der Waals surface area contributed by atoms with E-state index in [1.165, 1.54) is 16.7 Å². The van der Waals surface area contributed by atoms with Crippen LogP contribution in [0.25, 0.3) is 0 Å². The van der Waals surface area contributed by atoms with Gasteiger partial charge in [0.05, 0.1) is 0 Å². The van der Waals surface area contributed by atoms with Gasteiger partial charge in [0.1, 0.15) is 6.07 Å². The van der Waals surface area contributed by atoms with E-state index in [0.29, 0.717) is 12.4 Å². The van der Waals surface area contributed by atoms with Crippen molar-refractivity contribution in [2.45, 2.75) is 20.4 Å². The molecule has 0 saturated heterocycles. The van der Waals surface area contributed by atoms with Gasteiger partial charge in [-0.1, -0.05) is 18.2 Å². The number of rotatable bonds is 2. The minimum absolute atomic E-state index is 0.457. The van der Waals surface area contributed by atoms with Crippen LogP contribution >= 0.6 is 0 Å². The molecule has 1 aromatic carbocycles. The Kier molecular flexibility index (Phi) is 2.74. The second-order valence-electron chi connectivity index (χ2n) is 3.91. The van der Waals surface area contributed by atoms with Crippen molar-refractivity contribution in [3.63, 3.8) is 0 Å². The zero-order chi connectivity index (χ0) is 11.5. The molecule has 0 spiro atoms. The van der Waals surface area contributed by atoms with Crippen LogP contribution in [0, 0.1) is 25.2 Å². The molecule has 0 aliphatic heterocycles. The zero-order valence-electron chi connectivity index (χ0n) is 9.44. The van der Waals surface area contributed by atoms with E-state index >= 15 is 0 Å². The Morgan fingerprint density at radius 3 is 2.81 bits per heavy atom. The molecule has 0 aliphatic carbocycles. The zero-order valence-corrected chi connectivity index (χ0v) is 9.44. The highest BCUT2D eigenvalue weighted by Crippen LogP contribution is 2.11. The van der Waals surface area contributed by atoms with Crippen LogP contribution in [0.5, 0.6) is 0 Å². The summed E-state index contributed by atoms with van der Waals surface area (Å²) in [7, 11) is 0. The fourth-order valence-electron chi connectivity index (χ4n) is 1.65. The third-order valence-corrected chi connectivity index (χ3v) is 2.74. The number of nitriles is 1. The summed E-state index contributed by atoms with van der Waals surface area (Å²) in [5.41, 5.74) is 3.75. The standard InChI is InChI=1S/C13H13N3/c1-10-3-4-12(7-11(10)2)9-16-6-5-15-13(16)8-14/h3-7H,9H2,1-2H3. The number of hydrogen-bond donors (Lipinski definition) is 0. The molecule has 80 valence electrons. The van der Waals surface area contributed by atoms with Crippen LogP contribution in [0.1, 0.15) is 22.5 Å². The molecule has 2 rings (SSSR count). The normalized spacial score (nSPS) is 10.1. The van der Waals surface area contributed by atoms with E-state index in [-0.39, 0.29) is 0 Å². The van der Waals surface area contributed by atoms with E-state index in [2.05, 4.69) is 43.1 Å². The summed E-state index contributed by atoms with van der Waals surface area (Å²) >= 11 is 0. The molecular weight excluding hydrogens is 198 g/mol. The third-order valence-electron chi connectivity index (χ3n) is 2.74. The maximum Gasteiger partial charge on any atom is 0.213 e. The second-order valence-corrected chi connectivity index (χ2v) is 3.91. The first kappa shape index (κ1) is 10.4. The Labute approximate surface area is 95.0 Å². The van der Waals surface area contributed by atoms with Crippen molar-refractivity contribution in [1.82, 2.24) is 9.55 Å². The van der Waals surface area contributed by atoms with E-state index < -0.39 is 0 Å². The highest BCUT2D eigenvalue weighted by Gasteiger charge is 2.02. The number of aryl methyl sites for hydroxylation is 2. The van der Waals surface area contributed by atoms with Gasteiger partial charge in [-0.15, -0.1) is 0 Å². The second kappa shape index (κ2) is 4.19. The van der Waals surface area contributed by atoms with Gasteiger partial charge < -0.3 is 4.57 Å². The molecule has 0 radical (unpaired) electrons. The molecule has 0 fully saturated rings. The Balaban J connectivity index is 2.28. The maximum atomic E-state index is 8.85. The van der Waals surface area contributed by atoms with E-state index in [1.54, 1.807) is 6.20 Å². The molecule has 0 atom stereocenters. The summed E-state index contributed by atoms with van der Waals surface area (Å²) in [6.45, 7) is 4.89. The molecule has 0 N–H and O–H groups in total. The van der Waals surface area contributed by atoms with Gasteiger partial charge in [-0.3, -0.25) is 0 Å². The van der Waals surface area contributed by atoms with Crippen molar-refractivity contribution in [2.75, 3.05) is 0 Å². The number of hydrogen-bond acceptors (Lipinski definition) is 2. The van der Waals surface area contributed by atoms with Gasteiger partial charge in [-0.25, -0.2) is 4.98 Å². The largest absolute Gasteiger partial charge is 0.318 e. The van der Waals surface area contributed by atoms with Crippen LogP contribution in [-0.2, 0) is 6.54 Å². The van der Waals surface area contributed by atoms with Crippen molar-refractivity contribution >= 4 is 0 Å². The van der Waals surface area contributed by atoms with Gasteiger partial charge in [0, 0.05) is 18.9 Å². The number of imidazole rings is 1. The van der Waals surface area contributed by atoms with Gasteiger partial charge in [0.15, 0.2) is 0 Å². The minimum Gasteiger partial charge on any atom is -0.318 e. The molecule has 2 aromatic rings. The molecule has 0 aliphatic rings. The summed E-state index contributed by atoms with van der Waals surface area (Å²) in [5.74, 6) is 0.457. The molecule has 0 unspecified atom stereocenters. The fraction of sp³-hybridized carbons (Fsp3) is 0.231. The molecule has 3 nitrogen and oxygen atoms in total. The monoisotopic (exact) mass is 211 g/mol. The minimum atomic E-state index is 0.457. The average molecular weight is 211 g/mol. The van der Waals surface area contributed by atoms with Crippen LogP contribution in [-0.4, -0.2) is 9.55 Å². The fourth-order valence-corrected chi connectivity index (χ4v) is 1.65. The third kappa shape index (κ3) is 1.96. The Morgan fingerprint density at radius 1 is 1.31 bits per heavy atom. The summed E-state index contributed by atoms with van der Waals surface area (Å²) in [6, 6.07) is 8.41. The van der Waals surface area contributed by atoms with Crippen LogP contribution in [0.3, 0.4) is 0 Å². The summed E-state index contributed by atoms with van der Waals surface area (Å²) in [6.07, 6.45) is 3.48. The average Bonchev–Trinajstić information content (AvgIpc) is 2.71. The summed E-state index contributed by atoms with van der Waals surface area (Å²) in [4.78, 5) is 3.97. The van der Waals surface area contributed by atoms with E-state index in [1.807, 2.05) is 10.8 Å².